The topological polar surface area (TPSA) is 56.3 Å². The Balaban J connectivity index is 2.19. The monoisotopic (exact) mass is 260 g/mol. The molecule has 0 fully saturated rings. The number of rotatable bonds is 6. The predicted octanol–water partition coefficient (Wildman–Crippen LogP) is 2.77. The zero-order valence-electron chi connectivity index (χ0n) is 11.4. The van der Waals surface area contributed by atoms with Gasteiger partial charge < -0.3 is 10.1 Å². The second kappa shape index (κ2) is 5.89. The van der Waals surface area contributed by atoms with Gasteiger partial charge in [-0.15, -0.1) is 0 Å². The maximum absolute atomic E-state index is 10.7. The molecule has 4 heteroatoms. The van der Waals surface area contributed by atoms with Gasteiger partial charge >= 0.3 is 5.97 Å². The molecule has 0 unspecified atom stereocenters. The number of fused-ring (bicyclic) bond motifs is 1. The number of aromatic nitrogens is 1. The van der Waals surface area contributed by atoms with Crippen molar-refractivity contribution in [3.05, 3.63) is 35.5 Å². The number of aliphatic carboxylic acids is 1. The Morgan fingerprint density at radius 3 is 2.79 bits per heavy atom. The highest BCUT2D eigenvalue weighted by Gasteiger charge is 2.12. The molecule has 19 heavy (non-hydrogen) atoms. The third kappa shape index (κ3) is 3.15. The molecule has 2 N–H and O–H groups in total. The molecule has 0 radical (unpaired) electrons. The van der Waals surface area contributed by atoms with Gasteiger partial charge in [0.05, 0.1) is 6.42 Å². The van der Waals surface area contributed by atoms with Crippen LogP contribution in [0.5, 0.6) is 0 Å². The van der Waals surface area contributed by atoms with Crippen molar-refractivity contribution in [1.82, 2.24) is 9.88 Å². The van der Waals surface area contributed by atoms with Crippen molar-refractivity contribution in [3.63, 3.8) is 0 Å². The molecule has 4 nitrogen and oxygen atoms in total. The van der Waals surface area contributed by atoms with E-state index in [1.807, 2.05) is 12.1 Å². The fraction of sp³-hybridized carbons (Fsp3) is 0.400. The standard InChI is InChI=1S/C15H20N2O2/c1-3-17(9-8-15(18)19)10-13-11(2)16-14-7-5-4-6-12(13)14/h4-7,16H,3,8-10H2,1-2H3,(H,18,19). The summed E-state index contributed by atoms with van der Waals surface area (Å²) in [5, 5.41) is 10.0. The van der Waals surface area contributed by atoms with Crippen LogP contribution in [-0.2, 0) is 11.3 Å². The van der Waals surface area contributed by atoms with Crippen molar-refractivity contribution >= 4 is 16.9 Å². The number of nitrogens with zero attached hydrogens (tertiary/aromatic N) is 1. The molecule has 0 saturated carbocycles. The van der Waals surface area contributed by atoms with Crippen LogP contribution in [0.3, 0.4) is 0 Å². The minimum absolute atomic E-state index is 0.190. The summed E-state index contributed by atoms with van der Waals surface area (Å²) in [5.74, 6) is -0.742. The van der Waals surface area contributed by atoms with E-state index in [1.165, 1.54) is 10.9 Å². The predicted molar refractivity (Wildman–Crippen MR) is 76.2 cm³/mol. The number of carboxylic acids is 1. The minimum atomic E-state index is -0.742. The molecule has 1 aromatic carbocycles. The minimum Gasteiger partial charge on any atom is -0.481 e. The molecule has 0 spiro atoms. The molecular formula is C15H20N2O2. The summed E-state index contributed by atoms with van der Waals surface area (Å²) >= 11 is 0. The van der Waals surface area contributed by atoms with Gasteiger partial charge in [0.15, 0.2) is 0 Å². The molecule has 1 heterocycles. The van der Waals surface area contributed by atoms with Crippen LogP contribution in [0.25, 0.3) is 10.9 Å². The van der Waals surface area contributed by atoms with Crippen molar-refractivity contribution in [2.75, 3.05) is 13.1 Å². The van der Waals surface area contributed by atoms with Gasteiger partial charge in [0, 0.05) is 29.7 Å². The Morgan fingerprint density at radius 1 is 1.37 bits per heavy atom. The molecule has 102 valence electrons. The lowest BCUT2D eigenvalue weighted by atomic mass is 10.1. The van der Waals surface area contributed by atoms with E-state index in [2.05, 4.69) is 35.9 Å². The van der Waals surface area contributed by atoms with Crippen LogP contribution in [0.2, 0.25) is 0 Å². The zero-order valence-corrected chi connectivity index (χ0v) is 11.4. The fourth-order valence-electron chi connectivity index (χ4n) is 2.36. The molecule has 0 aliphatic rings. The van der Waals surface area contributed by atoms with Crippen LogP contribution < -0.4 is 0 Å². The molecular weight excluding hydrogens is 240 g/mol. The number of para-hydroxylation sites is 1. The number of H-pyrrole nitrogens is 1. The van der Waals surface area contributed by atoms with E-state index in [0.29, 0.717) is 6.54 Å². The first kappa shape index (κ1) is 13.6. The summed E-state index contributed by atoms with van der Waals surface area (Å²) in [5.41, 5.74) is 3.57. The number of carboxylic acid groups (broad SMARTS) is 1. The smallest absolute Gasteiger partial charge is 0.304 e. The number of nitrogens with one attached hydrogen (secondary N) is 1. The maximum atomic E-state index is 10.7. The highest BCUT2D eigenvalue weighted by molar-refractivity contribution is 5.84. The Labute approximate surface area is 113 Å². The van der Waals surface area contributed by atoms with Crippen molar-refractivity contribution < 1.29 is 9.90 Å². The molecule has 2 aromatic rings. The Kier molecular flexibility index (Phi) is 4.22. The summed E-state index contributed by atoms with van der Waals surface area (Å²) in [4.78, 5) is 16.2. The summed E-state index contributed by atoms with van der Waals surface area (Å²) in [6.45, 7) is 6.36. The van der Waals surface area contributed by atoms with Crippen LogP contribution in [0.15, 0.2) is 24.3 Å². The molecule has 0 amide bonds. The molecule has 0 atom stereocenters. The fourth-order valence-corrected chi connectivity index (χ4v) is 2.36. The van der Waals surface area contributed by atoms with Crippen LogP contribution in [0, 0.1) is 6.92 Å². The van der Waals surface area contributed by atoms with E-state index < -0.39 is 5.97 Å². The number of aromatic amines is 1. The molecule has 1 aromatic heterocycles. The van der Waals surface area contributed by atoms with Gasteiger partial charge in [-0.3, -0.25) is 9.69 Å². The largest absolute Gasteiger partial charge is 0.481 e. The van der Waals surface area contributed by atoms with Gasteiger partial charge in [-0.1, -0.05) is 25.1 Å². The lowest BCUT2D eigenvalue weighted by Gasteiger charge is -2.19. The van der Waals surface area contributed by atoms with Gasteiger partial charge in [-0.25, -0.2) is 0 Å². The lowest BCUT2D eigenvalue weighted by Crippen LogP contribution is -2.25. The van der Waals surface area contributed by atoms with Crippen LogP contribution in [-0.4, -0.2) is 34.0 Å². The first-order valence-corrected chi connectivity index (χ1v) is 6.62. The normalized spacial score (nSPS) is 11.3. The highest BCUT2D eigenvalue weighted by Crippen LogP contribution is 2.23. The van der Waals surface area contributed by atoms with E-state index in [1.54, 1.807) is 0 Å². The number of hydrogen-bond donors (Lipinski definition) is 2. The number of hydrogen-bond acceptors (Lipinski definition) is 2. The molecule has 0 saturated heterocycles. The number of aryl methyl sites for hydroxylation is 1. The van der Waals surface area contributed by atoms with Crippen LogP contribution in [0.4, 0.5) is 0 Å². The maximum Gasteiger partial charge on any atom is 0.304 e. The van der Waals surface area contributed by atoms with Crippen LogP contribution in [0.1, 0.15) is 24.6 Å². The third-order valence-electron chi connectivity index (χ3n) is 3.50. The van der Waals surface area contributed by atoms with Crippen molar-refractivity contribution in [2.45, 2.75) is 26.8 Å². The molecule has 0 bridgehead atoms. The SMILES string of the molecule is CCN(CCC(=O)O)Cc1c(C)[nH]c2ccccc12. The summed E-state index contributed by atoms with van der Waals surface area (Å²) in [6.07, 6.45) is 0.190. The van der Waals surface area contributed by atoms with Crippen LogP contribution >= 0.6 is 0 Å². The quantitative estimate of drug-likeness (QED) is 0.839. The van der Waals surface area contributed by atoms with E-state index in [4.69, 9.17) is 5.11 Å². The Morgan fingerprint density at radius 2 is 2.11 bits per heavy atom. The second-order valence-electron chi connectivity index (χ2n) is 4.79. The zero-order chi connectivity index (χ0) is 13.8. The van der Waals surface area contributed by atoms with E-state index in [0.717, 1.165) is 24.3 Å². The van der Waals surface area contributed by atoms with Gasteiger partial charge in [0.2, 0.25) is 0 Å². The molecule has 2 rings (SSSR count). The first-order chi connectivity index (χ1) is 9.11. The van der Waals surface area contributed by atoms with Gasteiger partial charge in [0.1, 0.15) is 0 Å². The lowest BCUT2D eigenvalue weighted by molar-refractivity contribution is -0.137. The molecule has 0 aliphatic heterocycles. The average molecular weight is 260 g/mol. The third-order valence-corrected chi connectivity index (χ3v) is 3.50. The molecule has 0 aliphatic carbocycles. The van der Waals surface area contributed by atoms with Gasteiger partial charge in [-0.05, 0) is 25.1 Å². The van der Waals surface area contributed by atoms with Crippen molar-refractivity contribution in [1.29, 1.82) is 0 Å². The number of carbonyl (C=O) groups is 1. The summed E-state index contributed by atoms with van der Waals surface area (Å²) in [6, 6.07) is 8.23. The van der Waals surface area contributed by atoms with Gasteiger partial charge in [-0.2, -0.15) is 0 Å². The van der Waals surface area contributed by atoms with Gasteiger partial charge in [0.25, 0.3) is 0 Å². The van der Waals surface area contributed by atoms with E-state index in [9.17, 15) is 4.79 Å². The Bertz CT molecular complexity index is 575. The summed E-state index contributed by atoms with van der Waals surface area (Å²) in [7, 11) is 0. The van der Waals surface area contributed by atoms with Crippen molar-refractivity contribution in [3.8, 4) is 0 Å². The highest BCUT2D eigenvalue weighted by atomic mass is 16.4. The Hall–Kier alpha value is -1.81. The van der Waals surface area contributed by atoms with E-state index >= 15 is 0 Å². The average Bonchev–Trinajstić information content (AvgIpc) is 2.70. The summed E-state index contributed by atoms with van der Waals surface area (Å²) < 4.78 is 0. The first-order valence-electron chi connectivity index (χ1n) is 6.62. The second-order valence-corrected chi connectivity index (χ2v) is 4.79. The number of benzene rings is 1. The van der Waals surface area contributed by atoms with E-state index in [-0.39, 0.29) is 6.42 Å². The van der Waals surface area contributed by atoms with Crippen molar-refractivity contribution in [2.24, 2.45) is 0 Å².